The molecule has 6 rings (SSSR count). The fraction of sp³-hybridized carbons (Fsp3) is 1.00. The van der Waals surface area contributed by atoms with E-state index in [4.69, 9.17) is 0 Å². The van der Waals surface area contributed by atoms with Crippen molar-refractivity contribution in [2.24, 2.45) is 23.2 Å². The summed E-state index contributed by atoms with van der Waals surface area (Å²) in [6, 6.07) is 0. The van der Waals surface area contributed by atoms with E-state index in [-0.39, 0.29) is 0 Å². The summed E-state index contributed by atoms with van der Waals surface area (Å²) < 4.78 is 0. The number of nitrogens with zero attached hydrogens (tertiary/aromatic N) is 1. The van der Waals surface area contributed by atoms with Crippen LogP contribution in [0.4, 0.5) is 0 Å². The molecule has 0 aromatic carbocycles. The van der Waals surface area contributed by atoms with Crippen LogP contribution in [0.5, 0.6) is 0 Å². The number of rotatable bonds is 2. The lowest BCUT2D eigenvalue weighted by atomic mass is 9.47. The summed E-state index contributed by atoms with van der Waals surface area (Å²) in [5, 5.41) is 3.74. The molecule has 2 heteroatoms. The summed E-state index contributed by atoms with van der Waals surface area (Å²) in [5.74, 6) is 3.34. The predicted molar refractivity (Wildman–Crippen MR) is 81.6 cm³/mol. The van der Waals surface area contributed by atoms with Gasteiger partial charge in [-0.25, -0.2) is 0 Å². The van der Waals surface area contributed by atoms with Crippen LogP contribution < -0.4 is 5.32 Å². The van der Waals surface area contributed by atoms with E-state index in [0.29, 0.717) is 5.54 Å². The van der Waals surface area contributed by atoms with Gasteiger partial charge in [0.15, 0.2) is 0 Å². The smallest absolute Gasteiger partial charge is 0.0340 e. The third-order valence-electron chi connectivity index (χ3n) is 7.62. The van der Waals surface area contributed by atoms with Gasteiger partial charge in [-0.3, -0.25) is 4.90 Å². The van der Waals surface area contributed by atoms with Crippen molar-refractivity contribution >= 4 is 0 Å². The quantitative estimate of drug-likeness (QED) is 0.832. The van der Waals surface area contributed by atoms with Crippen molar-refractivity contribution in [1.29, 1.82) is 0 Å². The summed E-state index contributed by atoms with van der Waals surface area (Å²) in [7, 11) is 0. The molecule has 4 aliphatic carbocycles. The Kier molecular flexibility index (Phi) is 2.63. The third kappa shape index (κ3) is 1.76. The molecule has 0 spiro atoms. The van der Waals surface area contributed by atoms with Crippen LogP contribution in [-0.2, 0) is 0 Å². The van der Waals surface area contributed by atoms with E-state index in [0.717, 1.165) is 23.2 Å². The molecule has 0 aromatic heterocycles. The van der Waals surface area contributed by atoms with Crippen LogP contribution >= 0.6 is 0 Å². The Balaban J connectivity index is 1.43. The summed E-state index contributed by atoms with van der Waals surface area (Å²) in [4.78, 5) is 2.88. The molecule has 0 radical (unpaired) electrons. The number of hydrogen-bond acceptors (Lipinski definition) is 2. The Morgan fingerprint density at radius 1 is 0.950 bits per heavy atom. The van der Waals surface area contributed by atoms with E-state index in [1.165, 1.54) is 45.4 Å². The Hall–Kier alpha value is -0.0800. The van der Waals surface area contributed by atoms with Crippen LogP contribution in [0.2, 0.25) is 0 Å². The lowest BCUT2D eigenvalue weighted by Crippen LogP contribution is -2.61. The molecule has 4 saturated carbocycles. The Morgan fingerprint density at radius 3 is 2.35 bits per heavy atom. The molecule has 6 aliphatic rings. The highest BCUT2D eigenvalue weighted by molar-refractivity contribution is 5.09. The van der Waals surface area contributed by atoms with Crippen molar-refractivity contribution in [3.8, 4) is 0 Å². The lowest BCUT2D eigenvalue weighted by Gasteiger charge is -2.60. The van der Waals surface area contributed by atoms with Gasteiger partial charge in [-0.15, -0.1) is 0 Å². The number of hydrogen-bond donors (Lipinski definition) is 1. The molecule has 2 aliphatic heterocycles. The van der Waals surface area contributed by atoms with Gasteiger partial charge in [-0.2, -0.15) is 0 Å². The van der Waals surface area contributed by atoms with Gasteiger partial charge < -0.3 is 5.32 Å². The summed E-state index contributed by atoms with van der Waals surface area (Å²) >= 11 is 0. The molecule has 1 unspecified atom stereocenters. The SMILES string of the molecule is C1CN2CCNCC2(CC23CC4CC(CC(C4)C2)C3)C1. The maximum atomic E-state index is 3.74. The van der Waals surface area contributed by atoms with Crippen LogP contribution in [0.15, 0.2) is 0 Å². The molecule has 2 heterocycles. The highest BCUT2D eigenvalue weighted by atomic mass is 15.3. The van der Waals surface area contributed by atoms with E-state index in [1.807, 2.05) is 0 Å². The topological polar surface area (TPSA) is 15.3 Å². The van der Waals surface area contributed by atoms with Crippen molar-refractivity contribution in [1.82, 2.24) is 10.2 Å². The zero-order chi connectivity index (χ0) is 13.2. The van der Waals surface area contributed by atoms with Gasteiger partial charge in [0.05, 0.1) is 0 Å². The van der Waals surface area contributed by atoms with E-state index in [9.17, 15) is 0 Å². The van der Waals surface area contributed by atoms with E-state index in [1.54, 1.807) is 38.5 Å². The molecule has 1 atom stereocenters. The monoisotopic (exact) mass is 274 g/mol. The Bertz CT molecular complexity index is 369. The van der Waals surface area contributed by atoms with Crippen LogP contribution in [0, 0.1) is 23.2 Å². The first-order valence-corrected chi connectivity index (χ1v) is 9.21. The van der Waals surface area contributed by atoms with E-state index < -0.39 is 0 Å². The molecule has 6 fully saturated rings. The van der Waals surface area contributed by atoms with Gasteiger partial charge in [0.25, 0.3) is 0 Å². The predicted octanol–water partition coefficient (Wildman–Crippen LogP) is 3.03. The third-order valence-corrected chi connectivity index (χ3v) is 7.62. The molecule has 2 nitrogen and oxygen atoms in total. The summed E-state index contributed by atoms with van der Waals surface area (Å²) in [6.07, 6.45) is 14.0. The fourth-order valence-electron chi connectivity index (χ4n) is 7.55. The second kappa shape index (κ2) is 4.23. The van der Waals surface area contributed by atoms with Crippen molar-refractivity contribution in [3.05, 3.63) is 0 Å². The molecule has 0 amide bonds. The second-order valence-corrected chi connectivity index (χ2v) is 9.09. The zero-order valence-electron chi connectivity index (χ0n) is 12.9. The molecule has 0 aromatic rings. The van der Waals surface area contributed by atoms with Crippen LogP contribution in [0.25, 0.3) is 0 Å². The highest BCUT2D eigenvalue weighted by Gasteiger charge is 2.55. The molecule has 112 valence electrons. The maximum Gasteiger partial charge on any atom is 0.0340 e. The molecular weight excluding hydrogens is 244 g/mol. The Morgan fingerprint density at radius 2 is 1.65 bits per heavy atom. The van der Waals surface area contributed by atoms with Gasteiger partial charge in [0, 0.05) is 25.2 Å². The second-order valence-electron chi connectivity index (χ2n) is 9.09. The van der Waals surface area contributed by atoms with Crippen LogP contribution in [-0.4, -0.2) is 36.6 Å². The zero-order valence-corrected chi connectivity index (χ0v) is 12.9. The van der Waals surface area contributed by atoms with Crippen molar-refractivity contribution < 1.29 is 0 Å². The molecule has 1 N–H and O–H groups in total. The summed E-state index contributed by atoms with van der Waals surface area (Å²) in [5.41, 5.74) is 1.32. The Labute approximate surface area is 123 Å². The average Bonchev–Trinajstić information content (AvgIpc) is 2.79. The van der Waals surface area contributed by atoms with Crippen LogP contribution in [0.1, 0.15) is 57.8 Å². The highest BCUT2D eigenvalue weighted by Crippen LogP contribution is 2.63. The van der Waals surface area contributed by atoms with Crippen molar-refractivity contribution in [2.45, 2.75) is 63.3 Å². The van der Waals surface area contributed by atoms with Gasteiger partial charge in [0.2, 0.25) is 0 Å². The first kappa shape index (κ1) is 12.5. The van der Waals surface area contributed by atoms with E-state index in [2.05, 4.69) is 10.2 Å². The number of fused-ring (bicyclic) bond motifs is 1. The van der Waals surface area contributed by atoms with Gasteiger partial charge in [0.1, 0.15) is 0 Å². The van der Waals surface area contributed by atoms with Crippen molar-refractivity contribution in [3.63, 3.8) is 0 Å². The molecular formula is C18H30N2. The van der Waals surface area contributed by atoms with Gasteiger partial charge in [-0.1, -0.05) is 0 Å². The number of piperazine rings is 1. The minimum absolute atomic E-state index is 0.559. The normalized spacial score (nSPS) is 54.3. The first-order valence-electron chi connectivity index (χ1n) is 9.21. The van der Waals surface area contributed by atoms with Gasteiger partial charge in [-0.05, 0) is 87.5 Å². The first-order chi connectivity index (χ1) is 9.75. The fourth-order valence-corrected chi connectivity index (χ4v) is 7.55. The average molecular weight is 274 g/mol. The maximum absolute atomic E-state index is 3.74. The molecule has 4 bridgehead atoms. The molecule has 2 saturated heterocycles. The van der Waals surface area contributed by atoms with Gasteiger partial charge >= 0.3 is 0 Å². The standard InChI is InChI=1S/C18H30N2/c1-2-18(13-19-3-5-20(18)4-1)12-17-9-14-6-15(10-17)8-16(7-14)11-17/h14-16,19H,1-13H2. The van der Waals surface area contributed by atoms with Crippen LogP contribution in [0.3, 0.4) is 0 Å². The summed E-state index contributed by atoms with van der Waals surface area (Å²) in [6.45, 7) is 5.21. The number of nitrogens with one attached hydrogen (secondary N) is 1. The molecule has 20 heavy (non-hydrogen) atoms. The van der Waals surface area contributed by atoms with E-state index >= 15 is 0 Å². The lowest BCUT2D eigenvalue weighted by molar-refractivity contribution is -0.0852. The van der Waals surface area contributed by atoms with Crippen molar-refractivity contribution in [2.75, 3.05) is 26.2 Å². The minimum atomic E-state index is 0.559. The largest absolute Gasteiger partial charge is 0.314 e. The minimum Gasteiger partial charge on any atom is -0.314 e.